The number of ether oxygens (including phenoxy) is 2. The fraction of sp³-hybridized carbons (Fsp3) is 0.289. The molecule has 2 aliphatic rings. The van der Waals surface area contributed by atoms with Crippen LogP contribution in [-0.2, 0) is 22.7 Å². The Labute approximate surface area is 314 Å². The average molecular weight is 825 g/mol. The van der Waals surface area contributed by atoms with Crippen LogP contribution in [0, 0.1) is 0 Å². The minimum absolute atomic E-state index is 0.0620. The number of amides is 4. The zero-order valence-electron chi connectivity index (χ0n) is 28.6. The predicted molar refractivity (Wildman–Crippen MR) is 201 cm³/mol. The van der Waals surface area contributed by atoms with E-state index in [1.165, 1.54) is 0 Å². The molecule has 0 radical (unpaired) electrons. The normalized spacial score (nSPS) is 16.6. The fourth-order valence-electron chi connectivity index (χ4n) is 5.99. The third-order valence-electron chi connectivity index (χ3n) is 8.45. The van der Waals surface area contributed by atoms with Gasteiger partial charge in [-0.05, 0) is 90.3 Å². The first-order chi connectivity index (χ1) is 24.6. The van der Waals surface area contributed by atoms with Crippen molar-refractivity contribution in [2.24, 2.45) is 0 Å². The molecule has 0 saturated carbocycles. The molecular formula is C38H40Br2N4O7. The molecule has 2 heterocycles. The molecule has 268 valence electrons. The van der Waals surface area contributed by atoms with E-state index in [9.17, 15) is 14.7 Å². The summed E-state index contributed by atoms with van der Waals surface area (Å²) in [6, 6.07) is 30.9. The second-order valence-corrected chi connectivity index (χ2v) is 13.5. The highest BCUT2D eigenvalue weighted by Crippen LogP contribution is 2.30. The summed E-state index contributed by atoms with van der Waals surface area (Å²) in [6.07, 6.45) is 1.18. The van der Waals surface area contributed by atoms with E-state index in [-0.39, 0.29) is 36.9 Å². The number of methoxy groups -OCH3 is 2. The van der Waals surface area contributed by atoms with Crippen molar-refractivity contribution >= 4 is 61.4 Å². The van der Waals surface area contributed by atoms with E-state index < -0.39 is 0 Å². The molecule has 4 aromatic rings. The Bertz CT molecular complexity index is 1660. The Morgan fingerprint density at radius 1 is 0.686 bits per heavy atom. The van der Waals surface area contributed by atoms with E-state index in [0.29, 0.717) is 19.6 Å². The largest absolute Gasteiger partial charge is 0.497 e. The molecule has 0 bridgehead atoms. The summed E-state index contributed by atoms with van der Waals surface area (Å²) in [5, 5.41) is 9.69. The average Bonchev–Trinajstić information content (AvgIpc) is 3.63. The lowest BCUT2D eigenvalue weighted by atomic mass is 10.2. The Morgan fingerprint density at radius 2 is 1.08 bits per heavy atom. The standard InChI is InChI=1S/C19H21BrN2O2.C18H19BrN2O3.CO2/c1-3-16-13-21(12-14-5-4-6-18(11-14)24-2)19(23)22(16)17-9-7-15(20)8-10-17;1-24-17-4-2-3-13(9-17)10-20-11-16(12-22)21(18(20)23)15-7-5-14(19)6-8-15;2-1-3/h4-11,16H,3,12-13H2,1-2H3;2-9,16,22H,10-12H2,1H3;. The quantitative estimate of drug-likeness (QED) is 0.178. The molecule has 0 aliphatic carbocycles. The van der Waals surface area contributed by atoms with Gasteiger partial charge >= 0.3 is 18.2 Å². The number of nitrogens with zero attached hydrogens (tertiary/aromatic N) is 4. The maximum Gasteiger partial charge on any atom is 0.373 e. The van der Waals surface area contributed by atoms with E-state index in [4.69, 9.17) is 19.1 Å². The van der Waals surface area contributed by atoms with Crippen molar-refractivity contribution in [1.82, 2.24) is 9.80 Å². The van der Waals surface area contributed by atoms with Gasteiger partial charge in [0.05, 0.1) is 32.9 Å². The van der Waals surface area contributed by atoms with Crippen molar-refractivity contribution in [3.05, 3.63) is 117 Å². The lowest BCUT2D eigenvalue weighted by Gasteiger charge is -2.22. The third kappa shape index (κ3) is 10.2. The second kappa shape index (κ2) is 19.1. The van der Waals surface area contributed by atoms with Gasteiger partial charge in [-0.3, -0.25) is 9.80 Å². The monoisotopic (exact) mass is 822 g/mol. The van der Waals surface area contributed by atoms with E-state index in [2.05, 4.69) is 38.8 Å². The minimum Gasteiger partial charge on any atom is -0.497 e. The first-order valence-corrected chi connectivity index (χ1v) is 17.8. The molecule has 2 saturated heterocycles. The zero-order chi connectivity index (χ0) is 36.9. The summed E-state index contributed by atoms with van der Waals surface area (Å²) in [7, 11) is 3.28. The molecule has 1 N–H and O–H groups in total. The summed E-state index contributed by atoms with van der Waals surface area (Å²) in [5.74, 6) is 1.58. The Kier molecular flexibility index (Phi) is 14.6. The Balaban J connectivity index is 0.000000212. The SMILES string of the molecule is CCC1CN(Cc2cccc(OC)c2)C(=O)N1c1ccc(Br)cc1.COc1cccc(CN2CC(CO)N(c3ccc(Br)cc3)C2=O)c1.O=C=O. The molecule has 4 aromatic carbocycles. The molecule has 0 aromatic heterocycles. The van der Waals surface area contributed by atoms with Gasteiger partial charge in [-0.1, -0.05) is 63.0 Å². The van der Waals surface area contributed by atoms with E-state index >= 15 is 0 Å². The van der Waals surface area contributed by atoms with Gasteiger partial charge in [0.15, 0.2) is 0 Å². The molecule has 13 heteroatoms. The van der Waals surface area contributed by atoms with Crippen molar-refractivity contribution in [3.63, 3.8) is 0 Å². The maximum atomic E-state index is 12.9. The van der Waals surface area contributed by atoms with Crippen LogP contribution in [0.2, 0.25) is 0 Å². The number of aliphatic hydroxyl groups excluding tert-OH is 1. The van der Waals surface area contributed by atoms with Crippen molar-refractivity contribution in [2.75, 3.05) is 43.7 Å². The highest BCUT2D eigenvalue weighted by molar-refractivity contribution is 9.10. The summed E-state index contributed by atoms with van der Waals surface area (Å²) in [4.78, 5) is 49.2. The number of carbonyl (C=O) groups excluding carboxylic acids is 4. The van der Waals surface area contributed by atoms with Gasteiger partial charge in [0.2, 0.25) is 0 Å². The van der Waals surface area contributed by atoms with Gasteiger partial charge in [-0.15, -0.1) is 0 Å². The minimum atomic E-state index is -0.246. The smallest absolute Gasteiger partial charge is 0.373 e. The van der Waals surface area contributed by atoms with Crippen molar-refractivity contribution < 1.29 is 33.8 Å². The van der Waals surface area contributed by atoms with E-state index in [1.54, 1.807) is 24.0 Å². The second-order valence-electron chi connectivity index (χ2n) is 11.7. The van der Waals surface area contributed by atoms with Gasteiger partial charge in [0.1, 0.15) is 11.5 Å². The number of carbonyl (C=O) groups is 2. The number of hydrogen-bond donors (Lipinski definition) is 1. The van der Waals surface area contributed by atoms with Crippen molar-refractivity contribution in [3.8, 4) is 11.5 Å². The number of halogens is 2. The number of benzene rings is 4. The van der Waals surface area contributed by atoms with Crippen LogP contribution in [0.5, 0.6) is 11.5 Å². The lowest BCUT2D eigenvalue weighted by molar-refractivity contribution is -0.191. The van der Waals surface area contributed by atoms with Gasteiger partial charge < -0.3 is 24.4 Å². The zero-order valence-corrected chi connectivity index (χ0v) is 31.7. The van der Waals surface area contributed by atoms with Crippen LogP contribution in [0.25, 0.3) is 0 Å². The number of urea groups is 2. The van der Waals surface area contributed by atoms with Crippen LogP contribution in [0.4, 0.5) is 21.0 Å². The van der Waals surface area contributed by atoms with Crippen LogP contribution in [0.1, 0.15) is 24.5 Å². The molecule has 2 unspecified atom stereocenters. The first-order valence-electron chi connectivity index (χ1n) is 16.2. The lowest BCUT2D eigenvalue weighted by Crippen LogP contribution is -2.36. The number of rotatable bonds is 10. The maximum absolute atomic E-state index is 12.9. The molecule has 4 amide bonds. The molecule has 0 spiro atoms. The van der Waals surface area contributed by atoms with Crippen LogP contribution in [-0.4, -0.2) is 79.1 Å². The van der Waals surface area contributed by atoms with Crippen molar-refractivity contribution in [2.45, 2.75) is 38.5 Å². The molecule has 2 aliphatic heterocycles. The molecule has 6 rings (SSSR count). The van der Waals surface area contributed by atoms with Gasteiger partial charge in [-0.2, -0.15) is 9.59 Å². The fourth-order valence-corrected chi connectivity index (χ4v) is 6.52. The number of aliphatic hydroxyl groups is 1. The van der Waals surface area contributed by atoms with Crippen LogP contribution < -0.4 is 19.3 Å². The Hall–Kier alpha value is -4.68. The first kappa shape index (κ1) is 39.1. The van der Waals surface area contributed by atoms with Gasteiger partial charge in [0.25, 0.3) is 0 Å². The highest BCUT2D eigenvalue weighted by atomic mass is 79.9. The van der Waals surface area contributed by atoms with Gasteiger partial charge in [-0.25, -0.2) is 9.59 Å². The molecule has 2 atom stereocenters. The van der Waals surface area contributed by atoms with E-state index in [0.717, 1.165) is 55.9 Å². The van der Waals surface area contributed by atoms with Crippen LogP contribution in [0.15, 0.2) is 106 Å². The van der Waals surface area contributed by atoms with E-state index in [1.807, 2.05) is 107 Å². The van der Waals surface area contributed by atoms with Crippen LogP contribution in [0.3, 0.4) is 0 Å². The summed E-state index contributed by atoms with van der Waals surface area (Å²) >= 11 is 6.84. The number of hydrogen-bond acceptors (Lipinski definition) is 7. The summed E-state index contributed by atoms with van der Waals surface area (Å²) < 4.78 is 12.5. The third-order valence-corrected chi connectivity index (χ3v) is 9.51. The van der Waals surface area contributed by atoms with Crippen molar-refractivity contribution in [1.29, 1.82) is 0 Å². The molecule has 51 heavy (non-hydrogen) atoms. The molecule has 11 nitrogen and oxygen atoms in total. The predicted octanol–water partition coefficient (Wildman–Crippen LogP) is 7.36. The summed E-state index contributed by atoms with van der Waals surface area (Å²) in [6.45, 7) is 4.36. The molecular weight excluding hydrogens is 784 g/mol. The summed E-state index contributed by atoms with van der Waals surface area (Å²) in [5.41, 5.74) is 3.81. The highest BCUT2D eigenvalue weighted by Gasteiger charge is 2.38. The van der Waals surface area contributed by atoms with Gasteiger partial charge in [0, 0.05) is 46.5 Å². The topological polar surface area (TPSA) is 120 Å². The number of anilines is 2. The Morgan fingerprint density at radius 3 is 1.45 bits per heavy atom. The molecule has 2 fully saturated rings. The van der Waals surface area contributed by atoms with Crippen LogP contribution >= 0.6 is 31.9 Å².